The fourth-order valence-electron chi connectivity index (χ4n) is 1.72. The van der Waals surface area contributed by atoms with Crippen molar-refractivity contribution in [3.63, 3.8) is 0 Å². The summed E-state index contributed by atoms with van der Waals surface area (Å²) in [6.07, 6.45) is 2.68. The minimum Gasteiger partial charge on any atom is -0.389 e. The lowest BCUT2D eigenvalue weighted by atomic mass is 10.1. The van der Waals surface area contributed by atoms with Gasteiger partial charge in [0.15, 0.2) is 0 Å². The molecule has 1 rings (SSSR count). The normalized spacial score (nSPS) is 13.5. The molecule has 0 unspecified atom stereocenters. The van der Waals surface area contributed by atoms with Gasteiger partial charge < -0.3 is 15.7 Å². The molecule has 1 aromatic heterocycles. The van der Waals surface area contributed by atoms with Gasteiger partial charge in [-0.2, -0.15) is 0 Å². The Bertz CT molecular complexity index is 343. The van der Waals surface area contributed by atoms with E-state index in [0.29, 0.717) is 6.54 Å². The van der Waals surface area contributed by atoms with Crippen molar-refractivity contribution < 1.29 is 5.11 Å². The first kappa shape index (κ1) is 13.9. The summed E-state index contributed by atoms with van der Waals surface area (Å²) in [6.45, 7) is 6.19. The van der Waals surface area contributed by atoms with Crippen LogP contribution in [0.3, 0.4) is 0 Å². The molecule has 0 aliphatic rings. The molecule has 0 radical (unpaired) electrons. The molecule has 0 aliphatic heterocycles. The molecule has 0 bridgehead atoms. The van der Waals surface area contributed by atoms with Crippen LogP contribution in [0.15, 0.2) is 18.3 Å². The molecule has 4 heteroatoms. The molecule has 0 spiro atoms. The molecule has 0 aromatic carbocycles. The molecular weight excluding hydrogens is 214 g/mol. The van der Waals surface area contributed by atoms with Crippen molar-refractivity contribution in [1.29, 1.82) is 0 Å². The maximum Gasteiger partial charge on any atom is 0.0765 e. The van der Waals surface area contributed by atoms with E-state index in [4.69, 9.17) is 5.73 Å². The summed E-state index contributed by atoms with van der Waals surface area (Å²) in [6, 6.07) is 3.94. The smallest absolute Gasteiger partial charge is 0.0765 e. The molecular formula is C13H23N3O. The van der Waals surface area contributed by atoms with Crippen LogP contribution in [0, 0.1) is 0 Å². The Morgan fingerprint density at radius 2 is 2.12 bits per heavy atom. The number of hydrogen-bond acceptors (Lipinski definition) is 4. The van der Waals surface area contributed by atoms with Crippen molar-refractivity contribution in [3.05, 3.63) is 24.0 Å². The molecule has 17 heavy (non-hydrogen) atoms. The zero-order chi connectivity index (χ0) is 13.1. The predicted molar refractivity (Wildman–Crippen MR) is 71.0 cm³/mol. The Hall–Kier alpha value is -1.13. The van der Waals surface area contributed by atoms with Crippen LogP contribution in [-0.2, 0) is 0 Å². The van der Waals surface area contributed by atoms with Crippen molar-refractivity contribution in [1.82, 2.24) is 4.98 Å². The first-order chi connectivity index (χ1) is 7.83. The summed E-state index contributed by atoms with van der Waals surface area (Å²) in [5.74, 6) is 0. The van der Waals surface area contributed by atoms with E-state index in [1.54, 1.807) is 20.0 Å². The molecule has 1 heterocycles. The zero-order valence-electron chi connectivity index (χ0n) is 11.1. The van der Waals surface area contributed by atoms with E-state index in [0.717, 1.165) is 17.8 Å². The molecule has 1 aromatic rings. The fraction of sp³-hybridized carbons (Fsp3) is 0.615. The van der Waals surface area contributed by atoms with Gasteiger partial charge in [0, 0.05) is 19.6 Å². The van der Waals surface area contributed by atoms with Crippen LogP contribution in [0.25, 0.3) is 0 Å². The third-order valence-electron chi connectivity index (χ3n) is 2.66. The number of nitrogens with two attached hydrogens (primary N) is 1. The highest BCUT2D eigenvalue weighted by Crippen LogP contribution is 2.17. The summed E-state index contributed by atoms with van der Waals surface area (Å²) in [4.78, 5) is 6.33. The van der Waals surface area contributed by atoms with Crippen LogP contribution in [0.4, 0.5) is 5.69 Å². The molecule has 0 amide bonds. The molecule has 1 atom stereocenters. The highest BCUT2D eigenvalue weighted by atomic mass is 16.3. The maximum atomic E-state index is 9.75. The second kappa shape index (κ2) is 5.47. The molecule has 4 nitrogen and oxygen atoms in total. The zero-order valence-corrected chi connectivity index (χ0v) is 11.1. The number of aliphatic hydroxyl groups is 1. The van der Waals surface area contributed by atoms with Crippen molar-refractivity contribution in [2.45, 2.75) is 38.8 Å². The van der Waals surface area contributed by atoms with Gasteiger partial charge in [-0.1, -0.05) is 6.92 Å². The van der Waals surface area contributed by atoms with Gasteiger partial charge in [-0.3, -0.25) is 4.98 Å². The first-order valence-electron chi connectivity index (χ1n) is 5.98. The van der Waals surface area contributed by atoms with E-state index in [2.05, 4.69) is 4.98 Å². The van der Waals surface area contributed by atoms with Gasteiger partial charge in [0.2, 0.25) is 0 Å². The SMILES string of the molecule is CC[C@H](N)c1ccc(N(C)CC(C)(C)O)cn1. The number of pyridine rings is 1. The van der Waals surface area contributed by atoms with Crippen LogP contribution in [0.1, 0.15) is 38.9 Å². The molecule has 3 N–H and O–H groups in total. The van der Waals surface area contributed by atoms with Crippen LogP contribution in [0.5, 0.6) is 0 Å². The van der Waals surface area contributed by atoms with Crippen LogP contribution in [0.2, 0.25) is 0 Å². The average Bonchev–Trinajstić information content (AvgIpc) is 2.26. The van der Waals surface area contributed by atoms with E-state index in [9.17, 15) is 5.11 Å². The summed E-state index contributed by atoms with van der Waals surface area (Å²) in [5.41, 5.74) is 7.09. The third kappa shape index (κ3) is 4.32. The molecule has 0 saturated carbocycles. The largest absolute Gasteiger partial charge is 0.389 e. The molecule has 0 fully saturated rings. The number of likely N-dealkylation sites (N-methyl/N-ethyl adjacent to an activating group) is 1. The average molecular weight is 237 g/mol. The minimum atomic E-state index is -0.715. The van der Waals surface area contributed by atoms with Gasteiger partial charge >= 0.3 is 0 Å². The van der Waals surface area contributed by atoms with Crippen molar-refractivity contribution in [3.8, 4) is 0 Å². The number of nitrogens with zero attached hydrogens (tertiary/aromatic N) is 2. The Morgan fingerprint density at radius 3 is 2.53 bits per heavy atom. The van der Waals surface area contributed by atoms with E-state index in [1.165, 1.54) is 0 Å². The van der Waals surface area contributed by atoms with Gasteiger partial charge in [0.25, 0.3) is 0 Å². The lowest BCUT2D eigenvalue weighted by Gasteiger charge is -2.27. The van der Waals surface area contributed by atoms with Crippen LogP contribution < -0.4 is 10.6 Å². The van der Waals surface area contributed by atoms with Gasteiger partial charge in [-0.25, -0.2) is 0 Å². The summed E-state index contributed by atoms with van der Waals surface area (Å²) in [5, 5.41) is 9.75. The van der Waals surface area contributed by atoms with Crippen LogP contribution in [-0.4, -0.2) is 29.3 Å². The van der Waals surface area contributed by atoms with Gasteiger partial charge in [-0.05, 0) is 32.4 Å². The second-order valence-corrected chi connectivity index (χ2v) is 5.12. The lowest BCUT2D eigenvalue weighted by molar-refractivity contribution is 0.0886. The number of aromatic nitrogens is 1. The standard InChI is InChI=1S/C13H23N3O/c1-5-11(14)12-7-6-10(8-15-12)16(4)9-13(2,3)17/h6-8,11,17H,5,9,14H2,1-4H3/t11-/m0/s1. The summed E-state index contributed by atoms with van der Waals surface area (Å²) >= 11 is 0. The van der Waals surface area contributed by atoms with Crippen molar-refractivity contribution >= 4 is 5.69 Å². The summed E-state index contributed by atoms with van der Waals surface area (Å²) < 4.78 is 0. The van der Waals surface area contributed by atoms with Gasteiger partial charge in [0.05, 0.1) is 23.2 Å². The monoisotopic (exact) mass is 237 g/mol. The number of hydrogen-bond donors (Lipinski definition) is 2. The van der Waals surface area contributed by atoms with E-state index < -0.39 is 5.60 Å². The predicted octanol–water partition coefficient (Wildman–Crippen LogP) is 1.70. The Labute approximate surface area is 103 Å². The lowest BCUT2D eigenvalue weighted by Crippen LogP contribution is -2.36. The molecule has 96 valence electrons. The highest BCUT2D eigenvalue weighted by molar-refractivity contribution is 5.44. The number of anilines is 1. The summed E-state index contributed by atoms with van der Waals surface area (Å²) in [7, 11) is 1.94. The Balaban J connectivity index is 2.74. The minimum absolute atomic E-state index is 0.00337. The van der Waals surface area contributed by atoms with Crippen molar-refractivity contribution in [2.24, 2.45) is 5.73 Å². The van der Waals surface area contributed by atoms with Gasteiger partial charge in [0.1, 0.15) is 0 Å². The quantitative estimate of drug-likeness (QED) is 0.818. The van der Waals surface area contributed by atoms with E-state index in [-0.39, 0.29) is 6.04 Å². The molecule has 0 saturated heterocycles. The highest BCUT2D eigenvalue weighted by Gasteiger charge is 2.16. The topological polar surface area (TPSA) is 62.4 Å². The molecule has 0 aliphatic carbocycles. The third-order valence-corrected chi connectivity index (χ3v) is 2.66. The first-order valence-corrected chi connectivity index (χ1v) is 5.98. The Kier molecular flexibility index (Phi) is 4.48. The Morgan fingerprint density at radius 1 is 1.47 bits per heavy atom. The fourth-order valence-corrected chi connectivity index (χ4v) is 1.72. The van der Waals surface area contributed by atoms with Crippen LogP contribution >= 0.6 is 0 Å². The van der Waals surface area contributed by atoms with Gasteiger partial charge in [-0.15, -0.1) is 0 Å². The second-order valence-electron chi connectivity index (χ2n) is 5.12. The maximum absolute atomic E-state index is 9.75. The van der Waals surface area contributed by atoms with E-state index in [1.807, 2.05) is 31.0 Å². The van der Waals surface area contributed by atoms with Crippen molar-refractivity contribution in [2.75, 3.05) is 18.5 Å². The number of rotatable bonds is 5. The van der Waals surface area contributed by atoms with E-state index >= 15 is 0 Å².